The molecule has 0 aliphatic carbocycles. The van der Waals surface area contributed by atoms with Gasteiger partial charge in [0, 0.05) is 13.1 Å². The topological polar surface area (TPSA) is 63.8 Å². The zero-order valence-electron chi connectivity index (χ0n) is 8.18. The molecule has 1 aromatic carbocycles. The number of anilines is 1. The Morgan fingerprint density at radius 3 is 2.73 bits per heavy atom. The van der Waals surface area contributed by atoms with E-state index in [1.807, 2.05) is 18.2 Å². The molecule has 0 aliphatic rings. The average Bonchev–Trinajstić information content (AvgIpc) is 2.79. The smallest absolute Gasteiger partial charge is 0.205 e. The van der Waals surface area contributed by atoms with Gasteiger partial charge in [-0.25, -0.2) is 0 Å². The van der Waals surface area contributed by atoms with Crippen LogP contribution in [0.2, 0.25) is 0 Å². The van der Waals surface area contributed by atoms with Gasteiger partial charge in [-0.15, -0.1) is 10.2 Å². The van der Waals surface area contributed by atoms with Crippen molar-refractivity contribution in [1.82, 2.24) is 10.2 Å². The van der Waals surface area contributed by atoms with Crippen molar-refractivity contribution in [3.8, 4) is 0 Å². The molecule has 1 aromatic heterocycles. The molecular weight excluding hydrogens is 208 g/mol. The highest BCUT2D eigenvalue weighted by Gasteiger charge is 2.00. The standard InChI is InChI=1S/C10H12N4S/c11-5-8-3-1-2-4-9(8)6-12-10-14-13-7-15-10/h1-4,7H,5-6,11H2,(H,12,14). The van der Waals surface area contributed by atoms with Crippen molar-refractivity contribution in [2.24, 2.45) is 5.73 Å². The first kappa shape index (κ1) is 10.1. The zero-order valence-corrected chi connectivity index (χ0v) is 9.00. The monoisotopic (exact) mass is 220 g/mol. The van der Waals surface area contributed by atoms with Crippen LogP contribution in [-0.2, 0) is 13.1 Å². The van der Waals surface area contributed by atoms with Crippen LogP contribution in [0, 0.1) is 0 Å². The molecule has 0 spiro atoms. The summed E-state index contributed by atoms with van der Waals surface area (Å²) in [5.74, 6) is 0. The van der Waals surface area contributed by atoms with Gasteiger partial charge < -0.3 is 11.1 Å². The van der Waals surface area contributed by atoms with E-state index >= 15 is 0 Å². The summed E-state index contributed by atoms with van der Waals surface area (Å²) >= 11 is 1.49. The second-order valence-corrected chi connectivity index (χ2v) is 3.90. The Labute approximate surface area is 92.2 Å². The normalized spacial score (nSPS) is 10.2. The average molecular weight is 220 g/mol. The molecule has 0 unspecified atom stereocenters. The molecule has 2 rings (SSSR count). The summed E-state index contributed by atoms with van der Waals surface area (Å²) in [5, 5.41) is 11.7. The molecule has 0 saturated carbocycles. The molecular formula is C10H12N4S. The van der Waals surface area contributed by atoms with Gasteiger partial charge in [-0.3, -0.25) is 0 Å². The highest BCUT2D eigenvalue weighted by atomic mass is 32.1. The lowest BCUT2D eigenvalue weighted by Gasteiger charge is -2.07. The van der Waals surface area contributed by atoms with E-state index in [1.54, 1.807) is 5.51 Å². The Hall–Kier alpha value is -1.46. The van der Waals surface area contributed by atoms with E-state index in [-0.39, 0.29) is 0 Å². The molecule has 0 saturated heterocycles. The molecule has 0 aliphatic heterocycles. The van der Waals surface area contributed by atoms with Gasteiger partial charge >= 0.3 is 0 Å². The van der Waals surface area contributed by atoms with E-state index in [9.17, 15) is 0 Å². The van der Waals surface area contributed by atoms with Crippen molar-refractivity contribution in [3.05, 3.63) is 40.9 Å². The first-order valence-electron chi connectivity index (χ1n) is 4.67. The summed E-state index contributed by atoms with van der Waals surface area (Å²) in [6, 6.07) is 8.11. The number of benzene rings is 1. The summed E-state index contributed by atoms with van der Waals surface area (Å²) in [6.07, 6.45) is 0. The maximum atomic E-state index is 5.65. The van der Waals surface area contributed by atoms with E-state index in [4.69, 9.17) is 5.73 Å². The fraction of sp³-hybridized carbons (Fsp3) is 0.200. The maximum absolute atomic E-state index is 5.65. The van der Waals surface area contributed by atoms with Crippen LogP contribution in [0.25, 0.3) is 0 Å². The molecule has 0 amide bonds. The van der Waals surface area contributed by atoms with Gasteiger partial charge in [-0.1, -0.05) is 35.6 Å². The second kappa shape index (κ2) is 4.86. The van der Waals surface area contributed by atoms with E-state index < -0.39 is 0 Å². The van der Waals surface area contributed by atoms with Crippen LogP contribution < -0.4 is 11.1 Å². The Morgan fingerprint density at radius 1 is 1.27 bits per heavy atom. The Bertz CT molecular complexity index is 413. The van der Waals surface area contributed by atoms with Crippen LogP contribution in [-0.4, -0.2) is 10.2 Å². The van der Waals surface area contributed by atoms with Crippen LogP contribution in [0.1, 0.15) is 11.1 Å². The van der Waals surface area contributed by atoms with E-state index in [0.29, 0.717) is 6.54 Å². The number of rotatable bonds is 4. The summed E-state index contributed by atoms with van der Waals surface area (Å²) in [7, 11) is 0. The highest BCUT2D eigenvalue weighted by molar-refractivity contribution is 7.13. The molecule has 0 atom stereocenters. The number of hydrogen-bond donors (Lipinski definition) is 2. The van der Waals surface area contributed by atoms with Gasteiger partial charge in [-0.05, 0) is 11.1 Å². The van der Waals surface area contributed by atoms with Crippen LogP contribution >= 0.6 is 11.3 Å². The minimum absolute atomic E-state index is 0.563. The fourth-order valence-corrected chi connectivity index (χ4v) is 1.79. The van der Waals surface area contributed by atoms with Gasteiger partial charge in [-0.2, -0.15) is 0 Å². The maximum Gasteiger partial charge on any atom is 0.205 e. The van der Waals surface area contributed by atoms with E-state index in [0.717, 1.165) is 17.2 Å². The highest BCUT2D eigenvalue weighted by Crippen LogP contribution is 2.13. The molecule has 5 heteroatoms. The minimum Gasteiger partial charge on any atom is -0.356 e. The Kier molecular flexibility index (Phi) is 3.26. The molecule has 15 heavy (non-hydrogen) atoms. The van der Waals surface area contributed by atoms with Crippen LogP contribution in [0.5, 0.6) is 0 Å². The largest absolute Gasteiger partial charge is 0.356 e. The lowest BCUT2D eigenvalue weighted by Crippen LogP contribution is -2.06. The lowest BCUT2D eigenvalue weighted by molar-refractivity contribution is 0.995. The predicted molar refractivity (Wildman–Crippen MR) is 61.6 cm³/mol. The SMILES string of the molecule is NCc1ccccc1CNc1nncs1. The van der Waals surface area contributed by atoms with Crippen molar-refractivity contribution in [2.75, 3.05) is 5.32 Å². The van der Waals surface area contributed by atoms with Crippen LogP contribution in [0.4, 0.5) is 5.13 Å². The molecule has 0 fully saturated rings. The molecule has 2 aromatic rings. The fourth-order valence-electron chi connectivity index (χ4n) is 1.35. The first-order valence-corrected chi connectivity index (χ1v) is 5.55. The molecule has 0 radical (unpaired) electrons. The predicted octanol–water partition coefficient (Wildman–Crippen LogP) is 1.61. The lowest BCUT2D eigenvalue weighted by atomic mass is 10.1. The van der Waals surface area contributed by atoms with E-state index in [2.05, 4.69) is 21.6 Å². The van der Waals surface area contributed by atoms with Crippen molar-refractivity contribution in [2.45, 2.75) is 13.1 Å². The molecule has 78 valence electrons. The number of nitrogens with two attached hydrogens (primary N) is 1. The number of nitrogens with one attached hydrogen (secondary N) is 1. The van der Waals surface area contributed by atoms with Gasteiger partial charge in [0.05, 0.1) is 0 Å². The number of hydrogen-bond acceptors (Lipinski definition) is 5. The third kappa shape index (κ3) is 2.51. The number of nitrogens with zero attached hydrogens (tertiary/aromatic N) is 2. The van der Waals surface area contributed by atoms with Crippen molar-refractivity contribution >= 4 is 16.5 Å². The van der Waals surface area contributed by atoms with Crippen molar-refractivity contribution < 1.29 is 0 Å². The summed E-state index contributed by atoms with van der Waals surface area (Å²) in [4.78, 5) is 0. The summed E-state index contributed by atoms with van der Waals surface area (Å²) in [6.45, 7) is 1.30. The van der Waals surface area contributed by atoms with Gasteiger partial charge in [0.15, 0.2) is 0 Å². The number of aromatic nitrogens is 2. The molecule has 3 N–H and O–H groups in total. The zero-order chi connectivity index (χ0) is 10.5. The third-order valence-electron chi connectivity index (χ3n) is 2.13. The minimum atomic E-state index is 0.563. The molecule has 1 heterocycles. The summed E-state index contributed by atoms with van der Waals surface area (Å²) in [5.41, 5.74) is 9.72. The van der Waals surface area contributed by atoms with Crippen molar-refractivity contribution in [1.29, 1.82) is 0 Å². The Morgan fingerprint density at radius 2 is 2.07 bits per heavy atom. The third-order valence-corrected chi connectivity index (χ3v) is 2.78. The van der Waals surface area contributed by atoms with Crippen LogP contribution in [0.15, 0.2) is 29.8 Å². The van der Waals surface area contributed by atoms with Gasteiger partial charge in [0.1, 0.15) is 5.51 Å². The van der Waals surface area contributed by atoms with Gasteiger partial charge in [0.2, 0.25) is 5.13 Å². The molecule has 4 nitrogen and oxygen atoms in total. The van der Waals surface area contributed by atoms with Gasteiger partial charge in [0.25, 0.3) is 0 Å². The van der Waals surface area contributed by atoms with Crippen molar-refractivity contribution in [3.63, 3.8) is 0 Å². The molecule has 0 bridgehead atoms. The van der Waals surface area contributed by atoms with E-state index in [1.165, 1.54) is 16.9 Å². The van der Waals surface area contributed by atoms with Crippen LogP contribution in [0.3, 0.4) is 0 Å². The first-order chi connectivity index (χ1) is 7.40. The summed E-state index contributed by atoms with van der Waals surface area (Å²) < 4.78 is 0. The quantitative estimate of drug-likeness (QED) is 0.821. The Balaban J connectivity index is 2.04. The second-order valence-electron chi connectivity index (χ2n) is 3.07.